The first-order valence-electron chi connectivity index (χ1n) is 7.96. The number of carbonyl (C=O) groups excluding carboxylic acids is 2. The van der Waals surface area contributed by atoms with Crippen molar-refractivity contribution >= 4 is 21.9 Å². The zero-order valence-corrected chi connectivity index (χ0v) is 15.6. The summed E-state index contributed by atoms with van der Waals surface area (Å²) in [5, 5.41) is -1.17. The molecule has 1 fully saturated rings. The van der Waals surface area contributed by atoms with Gasteiger partial charge in [-0.25, -0.2) is 18.0 Å². The maximum absolute atomic E-state index is 13.0. The van der Waals surface area contributed by atoms with Crippen molar-refractivity contribution in [3.8, 4) is 0 Å². The first kappa shape index (κ1) is 19.2. The average Bonchev–Trinajstić information content (AvgIpc) is 2.99. The van der Waals surface area contributed by atoms with Gasteiger partial charge in [0.15, 0.2) is 9.84 Å². The van der Waals surface area contributed by atoms with Crippen LogP contribution in [-0.4, -0.2) is 49.5 Å². The molecule has 0 saturated carbocycles. The van der Waals surface area contributed by atoms with Crippen LogP contribution in [0.15, 0.2) is 35.2 Å². The Bertz CT molecular complexity index is 738. The summed E-state index contributed by atoms with van der Waals surface area (Å²) in [5.74, 6) is -0.656. The molecular weight excluding hydrogens is 346 g/mol. The van der Waals surface area contributed by atoms with Gasteiger partial charge in [-0.05, 0) is 45.7 Å². The van der Waals surface area contributed by atoms with Crippen LogP contribution in [-0.2, 0) is 24.1 Å². The number of hydrogen-bond donors (Lipinski definition) is 0. The molecule has 1 aliphatic heterocycles. The first-order valence-corrected chi connectivity index (χ1v) is 9.50. The number of ether oxygens (including phenoxy) is 2. The van der Waals surface area contributed by atoms with Crippen molar-refractivity contribution in [3.63, 3.8) is 0 Å². The van der Waals surface area contributed by atoms with E-state index in [1.807, 2.05) is 0 Å². The van der Waals surface area contributed by atoms with Gasteiger partial charge >= 0.3 is 12.1 Å². The standard InChI is InChI=1S/C17H23NO6S/c1-17(2,3)24-16(20)18-13(15(19)23-4)10-11-14(18)25(21,22)12-8-6-5-7-9-12/h5-9,13-14H,10-11H2,1-4H3/t13-,14+/m0/s1. The van der Waals surface area contributed by atoms with Gasteiger partial charge in [0.05, 0.1) is 12.0 Å². The average molecular weight is 369 g/mol. The number of sulfone groups is 1. The molecular formula is C17H23NO6S. The molecule has 25 heavy (non-hydrogen) atoms. The summed E-state index contributed by atoms with van der Waals surface area (Å²) in [7, 11) is -2.64. The molecule has 0 N–H and O–H groups in total. The number of nitrogens with zero attached hydrogens (tertiary/aromatic N) is 1. The molecule has 138 valence electrons. The molecule has 0 spiro atoms. The van der Waals surface area contributed by atoms with E-state index < -0.39 is 38.9 Å². The Balaban J connectivity index is 2.42. The third kappa shape index (κ3) is 4.12. The number of likely N-dealkylation sites (tertiary alicyclic amines) is 1. The molecule has 7 nitrogen and oxygen atoms in total. The third-order valence-electron chi connectivity index (χ3n) is 3.84. The van der Waals surface area contributed by atoms with Gasteiger partial charge in [0.1, 0.15) is 17.0 Å². The summed E-state index contributed by atoms with van der Waals surface area (Å²) in [4.78, 5) is 25.7. The molecule has 1 amide bonds. The molecule has 1 saturated heterocycles. The van der Waals surface area contributed by atoms with E-state index in [1.165, 1.54) is 19.2 Å². The summed E-state index contributed by atoms with van der Waals surface area (Å²) in [6.07, 6.45) is -0.510. The van der Waals surface area contributed by atoms with Crippen LogP contribution in [0, 0.1) is 0 Å². The highest BCUT2D eigenvalue weighted by Crippen LogP contribution is 2.33. The molecule has 0 bridgehead atoms. The lowest BCUT2D eigenvalue weighted by Gasteiger charge is -2.31. The fraction of sp³-hybridized carbons (Fsp3) is 0.529. The van der Waals surface area contributed by atoms with Gasteiger partial charge in [-0.2, -0.15) is 0 Å². The van der Waals surface area contributed by atoms with Crippen LogP contribution in [0.1, 0.15) is 33.6 Å². The first-order chi connectivity index (χ1) is 11.6. The van der Waals surface area contributed by atoms with Gasteiger partial charge in [0.25, 0.3) is 0 Å². The number of amides is 1. The van der Waals surface area contributed by atoms with Crippen LogP contribution in [0.5, 0.6) is 0 Å². The third-order valence-corrected chi connectivity index (χ3v) is 5.95. The Morgan fingerprint density at radius 3 is 2.24 bits per heavy atom. The Hall–Kier alpha value is -2.09. The van der Waals surface area contributed by atoms with E-state index in [1.54, 1.807) is 39.0 Å². The van der Waals surface area contributed by atoms with Crippen molar-refractivity contribution in [2.45, 2.75) is 55.5 Å². The summed E-state index contributed by atoms with van der Waals surface area (Å²) in [5.41, 5.74) is -0.818. The highest BCUT2D eigenvalue weighted by molar-refractivity contribution is 7.92. The minimum Gasteiger partial charge on any atom is -0.467 e. The lowest BCUT2D eigenvalue weighted by molar-refractivity contribution is -0.145. The summed E-state index contributed by atoms with van der Waals surface area (Å²) in [6.45, 7) is 5.03. The number of carbonyl (C=O) groups is 2. The minimum atomic E-state index is -3.85. The molecule has 1 aliphatic rings. The number of rotatable bonds is 3. The highest BCUT2D eigenvalue weighted by atomic mass is 32.2. The Labute approximate surface area is 147 Å². The van der Waals surface area contributed by atoms with Crippen LogP contribution < -0.4 is 0 Å². The second kappa shape index (κ2) is 7.03. The van der Waals surface area contributed by atoms with Gasteiger partial charge in [0, 0.05) is 0 Å². The number of benzene rings is 1. The van der Waals surface area contributed by atoms with Gasteiger partial charge in [0.2, 0.25) is 0 Å². The molecule has 0 radical (unpaired) electrons. The molecule has 1 heterocycles. The van der Waals surface area contributed by atoms with Crippen molar-refractivity contribution in [2.75, 3.05) is 7.11 Å². The SMILES string of the molecule is COC(=O)[C@@H]1CC[C@@H](S(=O)(=O)c2ccccc2)N1C(=O)OC(C)(C)C. The fourth-order valence-electron chi connectivity index (χ4n) is 2.78. The molecule has 0 aromatic heterocycles. The molecule has 2 rings (SSSR count). The number of esters is 1. The molecule has 2 atom stereocenters. The lowest BCUT2D eigenvalue weighted by Crippen LogP contribution is -2.49. The second-order valence-corrected chi connectivity index (χ2v) is 8.92. The van der Waals surface area contributed by atoms with Crippen LogP contribution >= 0.6 is 0 Å². The largest absolute Gasteiger partial charge is 0.467 e. The van der Waals surface area contributed by atoms with Crippen molar-refractivity contribution in [1.29, 1.82) is 0 Å². The van der Waals surface area contributed by atoms with E-state index in [9.17, 15) is 18.0 Å². The summed E-state index contributed by atoms with van der Waals surface area (Å²) < 4.78 is 36.0. The van der Waals surface area contributed by atoms with Crippen molar-refractivity contribution < 1.29 is 27.5 Å². The molecule has 1 aromatic carbocycles. The van der Waals surface area contributed by atoms with Crippen LogP contribution in [0.4, 0.5) is 4.79 Å². The quantitative estimate of drug-likeness (QED) is 0.760. The number of methoxy groups -OCH3 is 1. The molecule has 1 aromatic rings. The zero-order valence-electron chi connectivity index (χ0n) is 14.8. The van der Waals surface area contributed by atoms with Gasteiger partial charge in [-0.3, -0.25) is 4.90 Å². The van der Waals surface area contributed by atoms with E-state index in [-0.39, 0.29) is 17.7 Å². The smallest absolute Gasteiger partial charge is 0.412 e. The van der Waals surface area contributed by atoms with Gasteiger partial charge in [-0.15, -0.1) is 0 Å². The second-order valence-electron chi connectivity index (χ2n) is 6.82. The summed E-state index contributed by atoms with van der Waals surface area (Å²) >= 11 is 0. The monoisotopic (exact) mass is 369 g/mol. The Morgan fingerprint density at radius 1 is 1.12 bits per heavy atom. The topological polar surface area (TPSA) is 90.0 Å². The van der Waals surface area contributed by atoms with E-state index in [0.717, 1.165) is 4.90 Å². The van der Waals surface area contributed by atoms with Gasteiger partial charge < -0.3 is 9.47 Å². The highest BCUT2D eigenvalue weighted by Gasteiger charge is 2.49. The molecule has 0 aliphatic carbocycles. The minimum absolute atomic E-state index is 0.0964. The molecule has 8 heteroatoms. The van der Waals surface area contributed by atoms with Gasteiger partial charge in [-0.1, -0.05) is 18.2 Å². The van der Waals surface area contributed by atoms with E-state index in [0.29, 0.717) is 0 Å². The van der Waals surface area contributed by atoms with E-state index in [4.69, 9.17) is 9.47 Å². The van der Waals surface area contributed by atoms with Crippen LogP contribution in [0.25, 0.3) is 0 Å². The van der Waals surface area contributed by atoms with Crippen molar-refractivity contribution in [1.82, 2.24) is 4.90 Å². The number of hydrogen-bond acceptors (Lipinski definition) is 6. The maximum Gasteiger partial charge on any atom is 0.412 e. The van der Waals surface area contributed by atoms with Crippen molar-refractivity contribution in [3.05, 3.63) is 30.3 Å². The van der Waals surface area contributed by atoms with E-state index in [2.05, 4.69) is 0 Å². The zero-order chi connectivity index (χ0) is 18.8. The van der Waals surface area contributed by atoms with Crippen LogP contribution in [0.3, 0.4) is 0 Å². The predicted octanol–water partition coefficient (Wildman–Crippen LogP) is 2.36. The van der Waals surface area contributed by atoms with Crippen LogP contribution in [0.2, 0.25) is 0 Å². The lowest BCUT2D eigenvalue weighted by atomic mass is 10.2. The Morgan fingerprint density at radius 2 is 1.72 bits per heavy atom. The normalized spacial score (nSPS) is 21.0. The summed E-state index contributed by atoms with van der Waals surface area (Å²) in [6, 6.07) is 6.87. The molecule has 0 unspecified atom stereocenters. The fourth-order valence-corrected chi connectivity index (χ4v) is 4.61. The van der Waals surface area contributed by atoms with E-state index >= 15 is 0 Å². The van der Waals surface area contributed by atoms with Crippen molar-refractivity contribution in [2.24, 2.45) is 0 Å². The maximum atomic E-state index is 13.0. The predicted molar refractivity (Wildman–Crippen MR) is 90.5 cm³/mol. The Kier molecular flexibility index (Phi) is 5.41.